The summed E-state index contributed by atoms with van der Waals surface area (Å²) in [5.74, 6) is 0.295. The van der Waals surface area contributed by atoms with Crippen molar-refractivity contribution >= 4 is 22.4 Å². The molecule has 0 unspecified atom stereocenters. The number of phenolic OH excluding ortho intramolecular Hbond substituents is 2. The van der Waals surface area contributed by atoms with Gasteiger partial charge < -0.3 is 10.2 Å². The predicted molar refractivity (Wildman–Crippen MR) is 52.3 cm³/mol. The third-order valence-corrected chi connectivity index (χ3v) is 2.18. The van der Waals surface area contributed by atoms with Crippen molar-refractivity contribution in [1.82, 2.24) is 0 Å². The molecule has 2 N–H and O–H groups in total. The van der Waals surface area contributed by atoms with Crippen molar-refractivity contribution in [2.45, 2.75) is 0 Å². The number of phenols is 2. The zero-order chi connectivity index (χ0) is 9.42. The van der Waals surface area contributed by atoms with Crippen LogP contribution in [-0.2, 0) is 0 Å². The van der Waals surface area contributed by atoms with Crippen molar-refractivity contribution in [3.63, 3.8) is 0 Å². The van der Waals surface area contributed by atoms with E-state index in [4.69, 9.17) is 11.6 Å². The van der Waals surface area contributed by atoms with E-state index in [9.17, 15) is 10.2 Å². The average molecular weight is 195 g/mol. The lowest BCUT2D eigenvalue weighted by atomic mass is 10.1. The van der Waals surface area contributed by atoms with Gasteiger partial charge in [-0.3, -0.25) is 0 Å². The summed E-state index contributed by atoms with van der Waals surface area (Å²) in [6, 6.07) is 7.87. The van der Waals surface area contributed by atoms with E-state index in [0.717, 1.165) is 10.8 Å². The van der Waals surface area contributed by atoms with Gasteiger partial charge in [0, 0.05) is 5.39 Å². The standard InChI is InChI=1S/C10H7ClO2/c11-10-5-8(13)3-6-1-2-7(12)4-9(6)10/h1-5,12-13H. The molecule has 66 valence electrons. The Bertz CT molecular complexity index is 466. The summed E-state index contributed by atoms with van der Waals surface area (Å²) in [5, 5.41) is 20.4. The van der Waals surface area contributed by atoms with E-state index >= 15 is 0 Å². The molecular formula is C10H7ClO2. The van der Waals surface area contributed by atoms with E-state index in [1.807, 2.05) is 0 Å². The molecule has 0 fully saturated rings. The second-order valence-electron chi connectivity index (χ2n) is 2.83. The van der Waals surface area contributed by atoms with Crippen LogP contribution in [0.4, 0.5) is 0 Å². The highest BCUT2D eigenvalue weighted by molar-refractivity contribution is 6.35. The van der Waals surface area contributed by atoms with Gasteiger partial charge in [0.1, 0.15) is 11.5 Å². The maximum atomic E-state index is 9.23. The molecule has 0 atom stereocenters. The summed E-state index contributed by atoms with van der Waals surface area (Å²) in [7, 11) is 0. The van der Waals surface area contributed by atoms with Gasteiger partial charge in [-0.25, -0.2) is 0 Å². The Morgan fingerprint density at radius 1 is 0.923 bits per heavy atom. The molecule has 0 aliphatic rings. The summed E-state index contributed by atoms with van der Waals surface area (Å²) in [4.78, 5) is 0. The maximum absolute atomic E-state index is 9.23. The smallest absolute Gasteiger partial charge is 0.117 e. The molecule has 0 aliphatic heterocycles. The monoisotopic (exact) mass is 194 g/mol. The van der Waals surface area contributed by atoms with E-state index in [1.165, 1.54) is 6.07 Å². The topological polar surface area (TPSA) is 40.5 Å². The Balaban J connectivity index is 2.87. The van der Waals surface area contributed by atoms with Crippen LogP contribution < -0.4 is 0 Å². The van der Waals surface area contributed by atoms with Gasteiger partial charge in [-0.1, -0.05) is 17.7 Å². The zero-order valence-corrected chi connectivity index (χ0v) is 7.42. The highest BCUT2D eigenvalue weighted by Crippen LogP contribution is 2.30. The second kappa shape index (κ2) is 2.82. The van der Waals surface area contributed by atoms with Crippen LogP contribution in [0.15, 0.2) is 30.3 Å². The van der Waals surface area contributed by atoms with Gasteiger partial charge in [-0.2, -0.15) is 0 Å². The average Bonchev–Trinajstić information content (AvgIpc) is 2.06. The zero-order valence-electron chi connectivity index (χ0n) is 6.66. The highest BCUT2D eigenvalue weighted by Gasteiger charge is 2.02. The molecule has 0 amide bonds. The molecule has 0 spiro atoms. The van der Waals surface area contributed by atoms with Gasteiger partial charge in [0.05, 0.1) is 5.02 Å². The largest absolute Gasteiger partial charge is 0.508 e. The van der Waals surface area contributed by atoms with Crippen LogP contribution in [0.3, 0.4) is 0 Å². The minimum atomic E-state index is 0.128. The minimum absolute atomic E-state index is 0.128. The molecule has 0 saturated heterocycles. The molecule has 13 heavy (non-hydrogen) atoms. The van der Waals surface area contributed by atoms with Gasteiger partial charge in [-0.15, -0.1) is 0 Å². The van der Waals surface area contributed by atoms with Gasteiger partial charge in [0.25, 0.3) is 0 Å². The fourth-order valence-electron chi connectivity index (χ4n) is 1.29. The van der Waals surface area contributed by atoms with Crippen LogP contribution in [0.25, 0.3) is 10.8 Å². The molecule has 0 radical (unpaired) electrons. The van der Waals surface area contributed by atoms with E-state index in [2.05, 4.69) is 0 Å². The Labute approximate surface area is 80.0 Å². The van der Waals surface area contributed by atoms with Crippen LogP contribution in [-0.4, -0.2) is 10.2 Å². The molecule has 3 heteroatoms. The van der Waals surface area contributed by atoms with Crippen molar-refractivity contribution in [2.24, 2.45) is 0 Å². The molecule has 0 saturated carbocycles. The van der Waals surface area contributed by atoms with E-state index in [-0.39, 0.29) is 11.5 Å². The molecular weight excluding hydrogens is 188 g/mol. The Morgan fingerprint density at radius 3 is 2.46 bits per heavy atom. The highest BCUT2D eigenvalue weighted by atomic mass is 35.5. The van der Waals surface area contributed by atoms with Crippen molar-refractivity contribution in [1.29, 1.82) is 0 Å². The van der Waals surface area contributed by atoms with Crippen molar-refractivity contribution in [2.75, 3.05) is 0 Å². The summed E-state index contributed by atoms with van der Waals surface area (Å²) in [6.07, 6.45) is 0. The molecule has 2 rings (SSSR count). The number of fused-ring (bicyclic) bond motifs is 1. The Morgan fingerprint density at radius 2 is 1.69 bits per heavy atom. The third kappa shape index (κ3) is 1.40. The van der Waals surface area contributed by atoms with Crippen LogP contribution in [0.1, 0.15) is 0 Å². The molecule has 0 bridgehead atoms. The number of aromatic hydroxyl groups is 2. The first-order chi connectivity index (χ1) is 6.16. The van der Waals surface area contributed by atoms with E-state index < -0.39 is 0 Å². The first-order valence-electron chi connectivity index (χ1n) is 3.78. The van der Waals surface area contributed by atoms with Crippen LogP contribution >= 0.6 is 11.6 Å². The van der Waals surface area contributed by atoms with Gasteiger partial charge >= 0.3 is 0 Å². The number of hydrogen-bond acceptors (Lipinski definition) is 2. The lowest BCUT2D eigenvalue weighted by Crippen LogP contribution is -1.74. The Hall–Kier alpha value is -1.41. The fourth-order valence-corrected chi connectivity index (χ4v) is 1.56. The third-order valence-electron chi connectivity index (χ3n) is 1.87. The van der Waals surface area contributed by atoms with Gasteiger partial charge in [0.2, 0.25) is 0 Å². The lowest BCUT2D eigenvalue weighted by Gasteiger charge is -2.02. The van der Waals surface area contributed by atoms with Gasteiger partial charge in [0.15, 0.2) is 0 Å². The molecule has 0 heterocycles. The quantitative estimate of drug-likeness (QED) is 0.677. The number of hydrogen-bond donors (Lipinski definition) is 2. The van der Waals surface area contributed by atoms with Crippen molar-refractivity contribution in [3.05, 3.63) is 35.4 Å². The Kier molecular flexibility index (Phi) is 1.78. The van der Waals surface area contributed by atoms with E-state index in [0.29, 0.717) is 5.02 Å². The summed E-state index contributed by atoms with van der Waals surface area (Å²) in [5.41, 5.74) is 0. The van der Waals surface area contributed by atoms with E-state index in [1.54, 1.807) is 24.3 Å². The number of halogens is 1. The maximum Gasteiger partial charge on any atom is 0.117 e. The molecule has 0 aliphatic carbocycles. The summed E-state index contributed by atoms with van der Waals surface area (Å²) in [6.45, 7) is 0. The first-order valence-corrected chi connectivity index (χ1v) is 4.16. The molecule has 0 aromatic heterocycles. The van der Waals surface area contributed by atoms with Crippen molar-refractivity contribution in [3.8, 4) is 11.5 Å². The molecule has 2 nitrogen and oxygen atoms in total. The lowest BCUT2D eigenvalue weighted by molar-refractivity contribution is 0.474. The molecule has 2 aromatic rings. The van der Waals surface area contributed by atoms with Crippen LogP contribution in [0, 0.1) is 0 Å². The van der Waals surface area contributed by atoms with Crippen LogP contribution in [0.2, 0.25) is 5.02 Å². The summed E-state index contributed by atoms with van der Waals surface area (Å²) >= 11 is 5.86. The predicted octanol–water partition coefficient (Wildman–Crippen LogP) is 2.90. The molecule has 2 aromatic carbocycles. The number of rotatable bonds is 0. The fraction of sp³-hybridized carbons (Fsp3) is 0. The SMILES string of the molecule is Oc1cc(Cl)c2cc(O)ccc2c1. The van der Waals surface area contributed by atoms with Crippen molar-refractivity contribution < 1.29 is 10.2 Å². The summed E-state index contributed by atoms with van der Waals surface area (Å²) < 4.78 is 0. The minimum Gasteiger partial charge on any atom is -0.508 e. The first kappa shape index (κ1) is 8.20. The number of benzene rings is 2. The van der Waals surface area contributed by atoms with Gasteiger partial charge in [-0.05, 0) is 29.7 Å². The van der Waals surface area contributed by atoms with Crippen LogP contribution in [0.5, 0.6) is 11.5 Å². The second-order valence-corrected chi connectivity index (χ2v) is 3.24. The normalized spacial score (nSPS) is 10.5.